The van der Waals surface area contributed by atoms with E-state index in [0.717, 1.165) is 32.8 Å². The van der Waals surface area contributed by atoms with E-state index >= 15 is 0 Å². The Morgan fingerprint density at radius 1 is 1.06 bits per heavy atom. The van der Waals surface area contributed by atoms with Crippen molar-refractivity contribution in [1.82, 2.24) is 9.38 Å². The number of benzene rings is 1. The lowest BCUT2D eigenvalue weighted by Crippen LogP contribution is -2.17. The molecule has 0 fully saturated rings. The first-order valence-corrected chi connectivity index (χ1v) is 10.7. The van der Waals surface area contributed by atoms with E-state index in [2.05, 4.69) is 10.3 Å². The van der Waals surface area contributed by atoms with Crippen LogP contribution in [-0.2, 0) is 4.74 Å². The van der Waals surface area contributed by atoms with Crippen LogP contribution in [0.4, 0.5) is 5.00 Å². The van der Waals surface area contributed by atoms with Crippen LogP contribution in [0.5, 0.6) is 0 Å². The molecule has 1 amide bonds. The van der Waals surface area contributed by atoms with E-state index in [1.54, 1.807) is 11.3 Å². The number of imidazole rings is 1. The number of fused-ring (bicyclic) bond motifs is 1. The van der Waals surface area contributed by atoms with Gasteiger partial charge in [0.15, 0.2) is 0 Å². The molecule has 158 valence electrons. The predicted molar refractivity (Wildman–Crippen MR) is 123 cm³/mol. The number of hydrogen-bond donors (Lipinski definition) is 1. The zero-order valence-corrected chi connectivity index (χ0v) is 18.9. The van der Waals surface area contributed by atoms with Gasteiger partial charge in [0, 0.05) is 16.6 Å². The molecule has 6 nitrogen and oxygen atoms in total. The molecular weight excluding hydrogens is 410 g/mol. The van der Waals surface area contributed by atoms with Crippen LogP contribution in [0.1, 0.15) is 42.5 Å². The number of aromatic nitrogens is 2. The smallest absolute Gasteiger partial charge is 0.341 e. The number of amides is 1. The molecule has 4 aromatic rings. The Morgan fingerprint density at radius 2 is 1.77 bits per heavy atom. The standard InChI is InChI=1S/C24H23N3O3S/c1-13-8-10-17(11-9-13)18-16(4)31-23(19(18)24(29)30-5)26-22(28)20-15(3)25-21-14(2)7-6-12-27(20)21/h6-12H,1-5H3,(H,26,28). The number of thiophene rings is 1. The van der Waals surface area contributed by atoms with E-state index in [0.29, 0.717) is 22.0 Å². The molecule has 0 aliphatic carbocycles. The SMILES string of the molecule is COC(=O)c1c(NC(=O)c2c(C)nc3c(C)cccn23)sc(C)c1-c1ccc(C)cc1. The van der Waals surface area contributed by atoms with Crippen LogP contribution in [0, 0.1) is 27.7 Å². The Balaban J connectivity index is 1.81. The summed E-state index contributed by atoms with van der Waals surface area (Å²) in [5.74, 6) is -0.807. The number of carbonyl (C=O) groups is 2. The molecule has 1 N–H and O–H groups in total. The van der Waals surface area contributed by atoms with Gasteiger partial charge in [-0.05, 0) is 44.9 Å². The minimum Gasteiger partial charge on any atom is -0.465 e. The van der Waals surface area contributed by atoms with Crippen molar-refractivity contribution >= 4 is 33.9 Å². The van der Waals surface area contributed by atoms with Crippen molar-refractivity contribution < 1.29 is 14.3 Å². The van der Waals surface area contributed by atoms with Gasteiger partial charge >= 0.3 is 5.97 Å². The fourth-order valence-electron chi connectivity index (χ4n) is 3.75. The van der Waals surface area contributed by atoms with E-state index in [1.807, 2.05) is 63.4 Å². The third-order valence-corrected chi connectivity index (χ3v) is 6.30. The van der Waals surface area contributed by atoms with Gasteiger partial charge in [-0.25, -0.2) is 9.78 Å². The summed E-state index contributed by atoms with van der Waals surface area (Å²) in [7, 11) is 1.34. The maximum atomic E-state index is 13.3. The van der Waals surface area contributed by atoms with E-state index in [9.17, 15) is 9.59 Å². The molecule has 3 heterocycles. The van der Waals surface area contributed by atoms with Gasteiger partial charge in [-0.1, -0.05) is 35.9 Å². The number of hydrogen-bond acceptors (Lipinski definition) is 5. The maximum absolute atomic E-state index is 13.3. The normalized spacial score (nSPS) is 11.0. The quantitative estimate of drug-likeness (QED) is 0.441. The number of pyridine rings is 1. The van der Waals surface area contributed by atoms with Gasteiger partial charge in [-0.3, -0.25) is 9.20 Å². The number of carbonyl (C=O) groups excluding carboxylic acids is 2. The number of ether oxygens (including phenoxy) is 1. The van der Waals surface area contributed by atoms with Gasteiger partial charge in [0.2, 0.25) is 0 Å². The second-order valence-electron chi connectivity index (χ2n) is 7.48. The summed E-state index contributed by atoms with van der Waals surface area (Å²) in [6.07, 6.45) is 1.82. The molecule has 4 rings (SSSR count). The Hall–Kier alpha value is -3.45. The van der Waals surface area contributed by atoms with E-state index in [-0.39, 0.29) is 5.91 Å². The highest BCUT2D eigenvalue weighted by molar-refractivity contribution is 7.17. The Kier molecular flexibility index (Phi) is 5.37. The summed E-state index contributed by atoms with van der Waals surface area (Å²) < 4.78 is 6.83. The minimum atomic E-state index is -0.485. The summed E-state index contributed by atoms with van der Waals surface area (Å²) >= 11 is 1.36. The van der Waals surface area contributed by atoms with Gasteiger partial charge in [-0.2, -0.15) is 0 Å². The zero-order chi connectivity index (χ0) is 22.3. The third-order valence-electron chi connectivity index (χ3n) is 5.28. The molecule has 0 aliphatic heterocycles. The van der Waals surface area contributed by atoms with Crippen LogP contribution < -0.4 is 5.32 Å². The first-order valence-electron chi connectivity index (χ1n) is 9.86. The number of esters is 1. The summed E-state index contributed by atoms with van der Waals surface area (Å²) in [4.78, 5) is 31.4. The Bertz CT molecular complexity index is 1320. The van der Waals surface area contributed by atoms with E-state index < -0.39 is 5.97 Å². The molecule has 0 aliphatic rings. The van der Waals surface area contributed by atoms with Gasteiger partial charge < -0.3 is 10.1 Å². The van der Waals surface area contributed by atoms with Crippen molar-refractivity contribution in [3.8, 4) is 11.1 Å². The van der Waals surface area contributed by atoms with Crippen LogP contribution in [0.3, 0.4) is 0 Å². The van der Waals surface area contributed by atoms with Gasteiger partial charge in [0.05, 0.1) is 12.8 Å². The van der Waals surface area contributed by atoms with Crippen molar-refractivity contribution in [2.24, 2.45) is 0 Å². The van der Waals surface area contributed by atoms with Crippen molar-refractivity contribution in [1.29, 1.82) is 0 Å². The van der Waals surface area contributed by atoms with Gasteiger partial charge in [-0.15, -0.1) is 11.3 Å². The van der Waals surface area contributed by atoms with Gasteiger partial charge in [0.1, 0.15) is 21.9 Å². The monoisotopic (exact) mass is 433 g/mol. The summed E-state index contributed by atoms with van der Waals surface area (Å²) in [5, 5.41) is 3.41. The molecule has 0 bridgehead atoms. The molecule has 3 aromatic heterocycles. The zero-order valence-electron chi connectivity index (χ0n) is 18.1. The van der Waals surface area contributed by atoms with Gasteiger partial charge in [0.25, 0.3) is 5.91 Å². The van der Waals surface area contributed by atoms with Crippen LogP contribution in [0.25, 0.3) is 16.8 Å². The second kappa shape index (κ2) is 8.00. The van der Waals surface area contributed by atoms with E-state index in [1.165, 1.54) is 18.4 Å². The summed E-state index contributed by atoms with van der Waals surface area (Å²) in [6, 6.07) is 11.8. The van der Waals surface area contributed by atoms with Crippen LogP contribution in [-0.4, -0.2) is 28.4 Å². The lowest BCUT2D eigenvalue weighted by molar-refractivity contribution is 0.0603. The largest absolute Gasteiger partial charge is 0.465 e. The van der Waals surface area contributed by atoms with Crippen molar-refractivity contribution in [2.75, 3.05) is 12.4 Å². The lowest BCUT2D eigenvalue weighted by Gasteiger charge is -2.09. The number of anilines is 1. The second-order valence-corrected chi connectivity index (χ2v) is 8.70. The highest BCUT2D eigenvalue weighted by Gasteiger charge is 2.27. The van der Waals surface area contributed by atoms with Crippen molar-refractivity contribution in [3.63, 3.8) is 0 Å². The van der Waals surface area contributed by atoms with Crippen LogP contribution in [0.15, 0.2) is 42.6 Å². The van der Waals surface area contributed by atoms with Crippen molar-refractivity contribution in [2.45, 2.75) is 27.7 Å². The molecule has 0 saturated heterocycles. The number of aryl methyl sites for hydroxylation is 4. The first kappa shape index (κ1) is 20.8. The average molecular weight is 434 g/mol. The number of nitrogens with zero attached hydrogens (tertiary/aromatic N) is 2. The molecule has 7 heteroatoms. The Labute approximate surface area is 184 Å². The van der Waals surface area contributed by atoms with Crippen molar-refractivity contribution in [3.05, 3.63) is 75.6 Å². The summed E-state index contributed by atoms with van der Waals surface area (Å²) in [5.41, 5.74) is 5.96. The maximum Gasteiger partial charge on any atom is 0.341 e. The molecular formula is C24H23N3O3S. The molecule has 0 spiro atoms. The van der Waals surface area contributed by atoms with Crippen LogP contribution >= 0.6 is 11.3 Å². The fraction of sp³-hybridized carbons (Fsp3) is 0.208. The molecule has 0 atom stereocenters. The molecule has 0 unspecified atom stereocenters. The third kappa shape index (κ3) is 3.61. The fourth-order valence-corrected chi connectivity index (χ4v) is 4.81. The number of nitrogens with one attached hydrogen (secondary N) is 1. The van der Waals surface area contributed by atoms with E-state index in [4.69, 9.17) is 4.74 Å². The minimum absolute atomic E-state index is 0.322. The first-order chi connectivity index (χ1) is 14.8. The predicted octanol–water partition coefficient (Wildman–Crippen LogP) is 5.34. The number of methoxy groups -OCH3 is 1. The van der Waals surface area contributed by atoms with Crippen LogP contribution in [0.2, 0.25) is 0 Å². The Morgan fingerprint density at radius 3 is 2.45 bits per heavy atom. The summed E-state index contributed by atoms with van der Waals surface area (Å²) in [6.45, 7) is 7.71. The average Bonchev–Trinajstić information content (AvgIpc) is 3.25. The highest BCUT2D eigenvalue weighted by Crippen LogP contribution is 2.40. The molecule has 0 radical (unpaired) electrons. The molecule has 0 saturated carbocycles. The molecule has 1 aromatic carbocycles. The highest BCUT2D eigenvalue weighted by atomic mass is 32.1. The lowest BCUT2D eigenvalue weighted by atomic mass is 10.0. The molecule has 31 heavy (non-hydrogen) atoms. The topological polar surface area (TPSA) is 72.7 Å². The number of rotatable bonds is 4.